The Morgan fingerprint density at radius 1 is 0.441 bits per heavy atom. The molecular weight excluding hydrogens is 434 g/mol. The molecule has 0 rings (SSSR count). The Morgan fingerprint density at radius 3 is 1.06 bits per heavy atom. The van der Waals surface area contributed by atoms with Crippen molar-refractivity contribution in [3.63, 3.8) is 0 Å². The zero-order valence-electron chi connectivity index (χ0n) is 24.5. The summed E-state index contributed by atoms with van der Waals surface area (Å²) in [4.78, 5) is 0.0730. The van der Waals surface area contributed by atoms with E-state index in [2.05, 4.69) is 27.7 Å². The van der Waals surface area contributed by atoms with Gasteiger partial charge in [0, 0.05) is 4.87 Å². The van der Waals surface area contributed by atoms with Crippen molar-refractivity contribution < 1.29 is 0 Å². The molecule has 0 aromatic heterocycles. The predicted octanol–water partition coefficient (Wildman–Crippen LogP) is 13.0. The molecular formula is C32H68ClN. The largest absolute Gasteiger partial charge is 0.344 e. The molecule has 0 aromatic carbocycles. The first-order chi connectivity index (χ1) is 16.1. The van der Waals surface area contributed by atoms with E-state index in [1.165, 1.54) is 167 Å². The first-order valence-electron chi connectivity index (χ1n) is 15.8. The van der Waals surface area contributed by atoms with Gasteiger partial charge in [0.25, 0.3) is 0 Å². The molecule has 0 aliphatic rings. The van der Waals surface area contributed by atoms with Gasteiger partial charge in [-0.2, -0.15) is 0 Å². The lowest BCUT2D eigenvalue weighted by atomic mass is 9.78. The predicted molar refractivity (Wildman–Crippen MR) is 160 cm³/mol. The number of hydrogen-bond acceptors (Lipinski definition) is 1. The lowest BCUT2D eigenvalue weighted by molar-refractivity contribution is 0.277. The van der Waals surface area contributed by atoms with Gasteiger partial charge in [0.2, 0.25) is 0 Å². The molecule has 208 valence electrons. The van der Waals surface area contributed by atoms with Gasteiger partial charge in [0.05, 0.1) is 0 Å². The van der Waals surface area contributed by atoms with Crippen LogP contribution in [0.1, 0.15) is 195 Å². The second kappa shape index (κ2) is 27.8. The minimum atomic E-state index is 0. The molecule has 0 bridgehead atoms. The Hall–Kier alpha value is 0.250. The maximum absolute atomic E-state index is 7.51. The highest BCUT2D eigenvalue weighted by atomic mass is 35.5. The summed E-state index contributed by atoms with van der Waals surface area (Å²) in [5.41, 5.74) is 0. The summed E-state index contributed by atoms with van der Waals surface area (Å²) in [7, 11) is 0. The van der Waals surface area contributed by atoms with Crippen molar-refractivity contribution in [2.45, 2.75) is 200 Å². The van der Waals surface area contributed by atoms with Crippen LogP contribution in [0.3, 0.4) is 0 Å². The van der Waals surface area contributed by atoms with E-state index < -0.39 is 0 Å². The van der Waals surface area contributed by atoms with E-state index in [0.717, 1.165) is 5.92 Å². The zero-order valence-corrected chi connectivity index (χ0v) is 25.3. The molecule has 1 atom stereocenters. The van der Waals surface area contributed by atoms with Crippen molar-refractivity contribution in [1.29, 1.82) is 0 Å². The molecule has 1 nitrogen and oxygen atoms in total. The Kier molecular flexibility index (Phi) is 29.8. The van der Waals surface area contributed by atoms with E-state index in [4.69, 9.17) is 11.6 Å². The second-order valence-corrected chi connectivity index (χ2v) is 11.9. The Bertz CT molecular complexity index is 354. The molecule has 0 heterocycles. The van der Waals surface area contributed by atoms with Crippen molar-refractivity contribution in [1.82, 2.24) is 6.15 Å². The summed E-state index contributed by atoms with van der Waals surface area (Å²) in [6, 6.07) is 0. The van der Waals surface area contributed by atoms with E-state index >= 15 is 0 Å². The fraction of sp³-hybridized carbons (Fsp3) is 1.00. The van der Waals surface area contributed by atoms with Crippen LogP contribution in [-0.4, -0.2) is 4.87 Å². The van der Waals surface area contributed by atoms with Crippen LogP contribution >= 0.6 is 11.6 Å². The lowest BCUT2D eigenvalue weighted by Crippen LogP contribution is -2.32. The summed E-state index contributed by atoms with van der Waals surface area (Å²) in [5, 5.41) is 0. The van der Waals surface area contributed by atoms with Gasteiger partial charge in [-0.3, -0.25) is 0 Å². The van der Waals surface area contributed by atoms with E-state index in [9.17, 15) is 0 Å². The molecule has 0 spiro atoms. The lowest BCUT2D eigenvalue weighted by Gasteiger charge is -2.36. The van der Waals surface area contributed by atoms with E-state index in [1.54, 1.807) is 0 Å². The Morgan fingerprint density at radius 2 is 0.735 bits per heavy atom. The highest BCUT2D eigenvalue weighted by molar-refractivity contribution is 6.24. The fourth-order valence-corrected chi connectivity index (χ4v) is 6.17. The third-order valence-corrected chi connectivity index (χ3v) is 8.71. The van der Waals surface area contributed by atoms with Crippen LogP contribution < -0.4 is 6.15 Å². The maximum Gasteiger partial charge on any atom is 0.0474 e. The number of halogens is 1. The molecule has 0 aromatic rings. The molecule has 0 radical (unpaired) electrons. The number of unbranched alkanes of at least 4 members (excludes halogenated alkanes) is 19. The van der Waals surface area contributed by atoms with Crippen molar-refractivity contribution in [3.8, 4) is 0 Å². The monoisotopic (exact) mass is 502 g/mol. The zero-order chi connectivity index (χ0) is 24.5. The average Bonchev–Trinajstić information content (AvgIpc) is 2.82. The smallest absolute Gasteiger partial charge is 0.0474 e. The van der Waals surface area contributed by atoms with Crippen LogP contribution in [0.2, 0.25) is 0 Å². The van der Waals surface area contributed by atoms with Crippen molar-refractivity contribution in [2.75, 3.05) is 0 Å². The summed E-state index contributed by atoms with van der Waals surface area (Å²) in [6.07, 6.45) is 36.1. The van der Waals surface area contributed by atoms with E-state index in [-0.39, 0.29) is 11.0 Å². The van der Waals surface area contributed by atoms with Gasteiger partial charge in [0.15, 0.2) is 0 Å². The highest BCUT2D eigenvalue weighted by Crippen LogP contribution is 2.41. The third-order valence-electron chi connectivity index (χ3n) is 8.02. The van der Waals surface area contributed by atoms with Gasteiger partial charge in [-0.15, -0.1) is 11.6 Å². The number of alkyl halides is 1. The van der Waals surface area contributed by atoms with Crippen molar-refractivity contribution in [3.05, 3.63) is 0 Å². The summed E-state index contributed by atoms with van der Waals surface area (Å²) >= 11 is 7.51. The minimum absolute atomic E-state index is 0. The molecule has 0 saturated heterocycles. The fourth-order valence-electron chi connectivity index (χ4n) is 5.64. The van der Waals surface area contributed by atoms with Gasteiger partial charge < -0.3 is 6.15 Å². The molecule has 0 amide bonds. The number of rotatable bonds is 27. The molecule has 34 heavy (non-hydrogen) atoms. The highest BCUT2D eigenvalue weighted by Gasteiger charge is 2.34. The molecule has 0 aliphatic carbocycles. The van der Waals surface area contributed by atoms with Crippen LogP contribution in [0.25, 0.3) is 0 Å². The van der Waals surface area contributed by atoms with Crippen LogP contribution in [-0.2, 0) is 0 Å². The van der Waals surface area contributed by atoms with Crippen molar-refractivity contribution in [2.24, 2.45) is 5.92 Å². The number of hydrogen-bond donors (Lipinski definition) is 1. The third kappa shape index (κ3) is 21.5. The Balaban J connectivity index is 0. The van der Waals surface area contributed by atoms with Crippen LogP contribution in [0.15, 0.2) is 0 Å². The van der Waals surface area contributed by atoms with Crippen LogP contribution in [0, 0.1) is 5.92 Å². The van der Waals surface area contributed by atoms with Gasteiger partial charge >= 0.3 is 0 Å². The standard InChI is InChI=1S/C32H65Cl.H3N/c1-5-9-12-15-18-19-20-21-22-25-28-31(8-4)32(33,29-26-23-16-13-10-6-2)30-27-24-17-14-11-7-3;/h31H,5-30H2,1-4H3;1H3. The SMILES string of the molecule is CCCCCCCCCCCCC(CC)C(Cl)(CCCCCCCC)CCCCCCCC.N. The Labute approximate surface area is 222 Å². The van der Waals surface area contributed by atoms with Gasteiger partial charge in [0.1, 0.15) is 0 Å². The second-order valence-electron chi connectivity index (χ2n) is 11.1. The quantitative estimate of drug-likeness (QED) is 0.0880. The van der Waals surface area contributed by atoms with E-state index in [1.807, 2.05) is 0 Å². The topological polar surface area (TPSA) is 35.0 Å². The minimum Gasteiger partial charge on any atom is -0.344 e. The molecule has 0 aliphatic heterocycles. The normalized spacial score (nSPS) is 12.6. The average molecular weight is 502 g/mol. The molecule has 0 fully saturated rings. The first kappa shape index (κ1) is 36.4. The van der Waals surface area contributed by atoms with Crippen LogP contribution in [0.5, 0.6) is 0 Å². The summed E-state index contributed by atoms with van der Waals surface area (Å²) in [6.45, 7) is 9.33. The van der Waals surface area contributed by atoms with Gasteiger partial charge in [-0.25, -0.2) is 0 Å². The van der Waals surface area contributed by atoms with Gasteiger partial charge in [-0.1, -0.05) is 175 Å². The summed E-state index contributed by atoms with van der Waals surface area (Å²) in [5.74, 6) is 0.722. The van der Waals surface area contributed by atoms with E-state index in [0.29, 0.717) is 0 Å². The maximum atomic E-state index is 7.51. The molecule has 1 unspecified atom stereocenters. The van der Waals surface area contributed by atoms with Gasteiger partial charge in [-0.05, 0) is 25.2 Å². The molecule has 2 heteroatoms. The van der Waals surface area contributed by atoms with Crippen LogP contribution in [0.4, 0.5) is 0 Å². The van der Waals surface area contributed by atoms with Crippen molar-refractivity contribution >= 4 is 11.6 Å². The molecule has 0 saturated carbocycles. The first-order valence-corrected chi connectivity index (χ1v) is 16.2. The molecule has 3 N–H and O–H groups in total. The summed E-state index contributed by atoms with van der Waals surface area (Å²) < 4.78 is 0.